The second-order valence-corrected chi connectivity index (χ2v) is 5.93. The van der Waals surface area contributed by atoms with Crippen molar-refractivity contribution in [2.24, 2.45) is 0 Å². The third kappa shape index (κ3) is 2.98. The van der Waals surface area contributed by atoms with Gasteiger partial charge in [0, 0.05) is 5.39 Å². The summed E-state index contributed by atoms with van der Waals surface area (Å²) in [5.74, 6) is -0.146. The number of carbonyl (C=O) groups excluding carboxylic acids is 2. The van der Waals surface area contributed by atoms with Crippen molar-refractivity contribution in [3.05, 3.63) is 47.5 Å². The van der Waals surface area contributed by atoms with Crippen molar-refractivity contribution >= 4 is 39.1 Å². The van der Waals surface area contributed by atoms with Gasteiger partial charge in [0.15, 0.2) is 0 Å². The molecule has 1 aromatic carbocycles. The van der Waals surface area contributed by atoms with Crippen LogP contribution in [-0.2, 0) is 16.1 Å². The fourth-order valence-electron chi connectivity index (χ4n) is 2.49. The Morgan fingerprint density at radius 3 is 2.75 bits per heavy atom. The third-order valence-electron chi connectivity index (χ3n) is 3.58. The van der Waals surface area contributed by atoms with Gasteiger partial charge in [0.25, 0.3) is 0 Å². The molecule has 2 aromatic heterocycles. The average Bonchev–Trinajstić information content (AvgIpc) is 3.17. The van der Waals surface area contributed by atoms with E-state index in [9.17, 15) is 9.59 Å². The van der Waals surface area contributed by atoms with Crippen molar-refractivity contribution in [1.82, 2.24) is 4.57 Å². The highest BCUT2D eigenvalue weighted by Gasteiger charge is 2.19. The van der Waals surface area contributed by atoms with Crippen LogP contribution in [0.3, 0.4) is 0 Å². The van der Waals surface area contributed by atoms with Gasteiger partial charge < -0.3 is 19.4 Å². The van der Waals surface area contributed by atoms with Gasteiger partial charge in [0.2, 0.25) is 5.91 Å². The minimum Gasteiger partial charge on any atom is -0.495 e. The fourth-order valence-corrected chi connectivity index (χ4v) is 3.38. The number of carbonyl (C=O) groups is 2. The van der Waals surface area contributed by atoms with E-state index in [-0.39, 0.29) is 12.5 Å². The summed E-state index contributed by atoms with van der Waals surface area (Å²) in [6, 6.07) is 10.8. The SMILES string of the molecule is COC(=O)c1cc2ccsc2n1CC(=O)Nc1ccccc1OC. The monoisotopic (exact) mass is 344 g/mol. The lowest BCUT2D eigenvalue weighted by Gasteiger charge is -2.12. The lowest BCUT2D eigenvalue weighted by atomic mass is 10.3. The van der Waals surface area contributed by atoms with Crippen LogP contribution in [0, 0.1) is 0 Å². The van der Waals surface area contributed by atoms with Gasteiger partial charge in [-0.15, -0.1) is 11.3 Å². The maximum absolute atomic E-state index is 12.4. The van der Waals surface area contributed by atoms with E-state index in [1.807, 2.05) is 23.6 Å². The van der Waals surface area contributed by atoms with Crippen molar-refractivity contribution in [2.45, 2.75) is 6.54 Å². The van der Waals surface area contributed by atoms with Crippen molar-refractivity contribution in [3.8, 4) is 5.75 Å². The molecular weight excluding hydrogens is 328 g/mol. The predicted molar refractivity (Wildman–Crippen MR) is 92.8 cm³/mol. The Kier molecular flexibility index (Phi) is 4.52. The number of thiophene rings is 1. The number of amides is 1. The molecule has 24 heavy (non-hydrogen) atoms. The highest BCUT2D eigenvalue weighted by atomic mass is 32.1. The standard InChI is InChI=1S/C17H16N2O4S/c1-22-14-6-4-3-5-12(14)18-15(20)10-19-13(17(21)23-2)9-11-7-8-24-16(11)19/h3-9H,10H2,1-2H3,(H,18,20). The van der Waals surface area contributed by atoms with Gasteiger partial charge in [-0.05, 0) is 29.6 Å². The van der Waals surface area contributed by atoms with Crippen LogP contribution in [0.4, 0.5) is 5.69 Å². The normalized spacial score (nSPS) is 10.6. The summed E-state index contributed by atoms with van der Waals surface area (Å²) in [4.78, 5) is 25.2. The van der Waals surface area contributed by atoms with E-state index < -0.39 is 5.97 Å². The number of benzene rings is 1. The summed E-state index contributed by atoms with van der Waals surface area (Å²) in [6.45, 7) is 0.00644. The van der Waals surface area contributed by atoms with Gasteiger partial charge in [-0.25, -0.2) is 4.79 Å². The number of hydrogen-bond acceptors (Lipinski definition) is 5. The van der Waals surface area contributed by atoms with E-state index in [2.05, 4.69) is 5.32 Å². The molecule has 0 spiro atoms. The van der Waals surface area contributed by atoms with Crippen LogP contribution in [0.5, 0.6) is 5.75 Å². The van der Waals surface area contributed by atoms with E-state index in [1.165, 1.54) is 18.4 Å². The highest BCUT2D eigenvalue weighted by Crippen LogP contribution is 2.27. The Labute approximate surface area is 142 Å². The summed E-state index contributed by atoms with van der Waals surface area (Å²) < 4.78 is 11.7. The van der Waals surface area contributed by atoms with Crippen LogP contribution in [0.2, 0.25) is 0 Å². The van der Waals surface area contributed by atoms with Gasteiger partial charge >= 0.3 is 5.97 Å². The van der Waals surface area contributed by atoms with Crippen LogP contribution < -0.4 is 10.1 Å². The maximum atomic E-state index is 12.4. The molecule has 0 unspecified atom stereocenters. The zero-order valence-electron chi connectivity index (χ0n) is 13.2. The van der Waals surface area contributed by atoms with Gasteiger partial charge in [0.05, 0.1) is 19.9 Å². The van der Waals surface area contributed by atoms with E-state index in [4.69, 9.17) is 9.47 Å². The zero-order valence-corrected chi connectivity index (χ0v) is 14.1. The summed E-state index contributed by atoms with van der Waals surface area (Å²) in [5, 5.41) is 5.63. The molecule has 1 amide bonds. The average molecular weight is 344 g/mol. The number of hydrogen-bond donors (Lipinski definition) is 1. The number of aromatic nitrogens is 1. The number of para-hydroxylation sites is 2. The van der Waals surface area contributed by atoms with E-state index in [1.54, 1.807) is 29.9 Å². The Morgan fingerprint density at radius 2 is 2.00 bits per heavy atom. The molecule has 1 N–H and O–H groups in total. The Hall–Kier alpha value is -2.80. The first kappa shape index (κ1) is 16.1. The molecule has 7 heteroatoms. The number of anilines is 1. The van der Waals surface area contributed by atoms with Gasteiger partial charge in [-0.1, -0.05) is 12.1 Å². The molecular formula is C17H16N2O4S. The van der Waals surface area contributed by atoms with Crippen LogP contribution in [0.25, 0.3) is 10.2 Å². The topological polar surface area (TPSA) is 69.6 Å². The minimum atomic E-state index is -0.469. The van der Waals surface area contributed by atoms with Crippen LogP contribution in [0.15, 0.2) is 41.8 Å². The maximum Gasteiger partial charge on any atom is 0.354 e. The molecule has 0 saturated heterocycles. The molecule has 0 atom stereocenters. The van der Waals surface area contributed by atoms with Crippen molar-refractivity contribution < 1.29 is 19.1 Å². The minimum absolute atomic E-state index is 0.00644. The second kappa shape index (κ2) is 6.76. The third-order valence-corrected chi connectivity index (χ3v) is 4.53. The fraction of sp³-hybridized carbons (Fsp3) is 0.176. The molecule has 0 aliphatic heterocycles. The lowest BCUT2D eigenvalue weighted by molar-refractivity contribution is -0.116. The molecule has 0 bridgehead atoms. The van der Waals surface area contributed by atoms with E-state index in [0.29, 0.717) is 17.1 Å². The first-order valence-electron chi connectivity index (χ1n) is 7.22. The molecule has 2 heterocycles. The van der Waals surface area contributed by atoms with Gasteiger partial charge in [0.1, 0.15) is 22.8 Å². The Bertz CT molecular complexity index is 897. The molecule has 0 aliphatic carbocycles. The molecule has 0 saturated carbocycles. The first-order valence-corrected chi connectivity index (χ1v) is 8.10. The molecule has 0 fully saturated rings. The number of ether oxygens (including phenoxy) is 2. The lowest BCUT2D eigenvalue weighted by Crippen LogP contribution is -2.21. The number of nitrogens with one attached hydrogen (secondary N) is 1. The van der Waals surface area contributed by atoms with Crippen LogP contribution in [0.1, 0.15) is 10.5 Å². The van der Waals surface area contributed by atoms with Crippen LogP contribution >= 0.6 is 11.3 Å². The Morgan fingerprint density at radius 1 is 1.21 bits per heavy atom. The zero-order chi connectivity index (χ0) is 17.1. The molecule has 0 aliphatic rings. The van der Waals surface area contributed by atoms with Crippen molar-refractivity contribution in [3.63, 3.8) is 0 Å². The van der Waals surface area contributed by atoms with Crippen molar-refractivity contribution in [1.29, 1.82) is 0 Å². The second-order valence-electron chi connectivity index (χ2n) is 5.04. The van der Waals surface area contributed by atoms with E-state index in [0.717, 1.165) is 10.2 Å². The first-order chi connectivity index (χ1) is 11.6. The number of rotatable bonds is 5. The number of nitrogens with zero attached hydrogens (tertiary/aromatic N) is 1. The van der Waals surface area contributed by atoms with Crippen LogP contribution in [-0.4, -0.2) is 30.7 Å². The van der Waals surface area contributed by atoms with Gasteiger partial charge in [-0.2, -0.15) is 0 Å². The van der Waals surface area contributed by atoms with E-state index >= 15 is 0 Å². The smallest absolute Gasteiger partial charge is 0.354 e. The number of methoxy groups -OCH3 is 2. The number of esters is 1. The molecule has 3 rings (SSSR count). The summed E-state index contributed by atoms with van der Waals surface area (Å²) in [6.07, 6.45) is 0. The van der Waals surface area contributed by atoms with Gasteiger partial charge in [-0.3, -0.25) is 4.79 Å². The number of fused-ring (bicyclic) bond motifs is 1. The summed E-state index contributed by atoms with van der Waals surface area (Å²) in [7, 11) is 2.87. The molecule has 124 valence electrons. The highest BCUT2D eigenvalue weighted by molar-refractivity contribution is 7.16. The summed E-state index contributed by atoms with van der Waals surface area (Å²) >= 11 is 1.47. The summed E-state index contributed by atoms with van der Waals surface area (Å²) in [5.41, 5.74) is 0.939. The molecule has 6 nitrogen and oxygen atoms in total. The predicted octanol–water partition coefficient (Wildman–Crippen LogP) is 3.14. The molecule has 0 radical (unpaired) electrons. The largest absolute Gasteiger partial charge is 0.495 e. The Balaban J connectivity index is 1.87. The molecule has 3 aromatic rings. The van der Waals surface area contributed by atoms with Crippen molar-refractivity contribution in [2.75, 3.05) is 19.5 Å². The quantitative estimate of drug-likeness (QED) is 0.722.